The minimum absolute atomic E-state index is 0.0612. The fraction of sp³-hybridized carbons (Fsp3) is 0.500. The van der Waals surface area contributed by atoms with Crippen molar-refractivity contribution in [1.82, 2.24) is 19.3 Å². The van der Waals surface area contributed by atoms with Crippen molar-refractivity contribution in [2.75, 3.05) is 20.1 Å². The lowest BCUT2D eigenvalue weighted by molar-refractivity contribution is -0.136. The number of nitrogens with zero attached hydrogens (tertiary/aromatic N) is 4. The molecule has 0 unspecified atom stereocenters. The fourth-order valence-electron chi connectivity index (χ4n) is 3.22. The molecule has 1 fully saturated rings. The predicted octanol–water partition coefficient (Wildman–Crippen LogP) is 2.48. The maximum absolute atomic E-state index is 13.3. The van der Waals surface area contributed by atoms with Gasteiger partial charge in [-0.3, -0.25) is 4.79 Å². The van der Waals surface area contributed by atoms with Crippen LogP contribution in [0.15, 0.2) is 27.6 Å². The molecule has 0 spiro atoms. The van der Waals surface area contributed by atoms with Crippen LogP contribution in [0.2, 0.25) is 5.02 Å². The van der Waals surface area contributed by atoms with Gasteiger partial charge in [-0.05, 0) is 31.0 Å². The lowest BCUT2D eigenvalue weighted by Gasteiger charge is -2.32. The van der Waals surface area contributed by atoms with Gasteiger partial charge in [-0.25, -0.2) is 12.8 Å². The van der Waals surface area contributed by atoms with Crippen LogP contribution in [-0.2, 0) is 27.8 Å². The Morgan fingerprint density at radius 3 is 2.66 bits per heavy atom. The van der Waals surface area contributed by atoms with Crippen LogP contribution in [0, 0.1) is 11.7 Å². The van der Waals surface area contributed by atoms with Crippen molar-refractivity contribution in [1.29, 1.82) is 0 Å². The molecule has 2 heterocycles. The molecule has 1 aliphatic heterocycles. The summed E-state index contributed by atoms with van der Waals surface area (Å²) in [5.41, 5.74) is 0. The highest BCUT2D eigenvalue weighted by molar-refractivity contribution is 7.89. The summed E-state index contributed by atoms with van der Waals surface area (Å²) in [6, 6.07) is 3.32. The van der Waals surface area contributed by atoms with Gasteiger partial charge in [0.05, 0.1) is 16.5 Å². The monoisotopic (exact) mass is 444 g/mol. The summed E-state index contributed by atoms with van der Waals surface area (Å²) in [7, 11) is -2.14. The van der Waals surface area contributed by atoms with E-state index in [0.29, 0.717) is 31.0 Å². The number of benzene rings is 1. The summed E-state index contributed by atoms with van der Waals surface area (Å²) >= 11 is 5.71. The predicted molar refractivity (Wildman–Crippen MR) is 103 cm³/mol. The summed E-state index contributed by atoms with van der Waals surface area (Å²) < 4.78 is 45.2. The standard InChI is InChI=1S/C18H22ClFN4O4S/c1-3-16-21-17(28-22-16)11-23(2)18(25)12-6-8-24(9-7-12)29(26,27)13-4-5-15(20)14(19)10-13/h4-5,10,12H,3,6-9,11H2,1-2H3. The minimum Gasteiger partial charge on any atom is -0.337 e. The zero-order valence-electron chi connectivity index (χ0n) is 16.1. The molecule has 1 aliphatic rings. The van der Waals surface area contributed by atoms with E-state index in [1.165, 1.54) is 15.3 Å². The lowest BCUT2D eigenvalue weighted by atomic mass is 9.97. The number of amides is 1. The van der Waals surface area contributed by atoms with Crippen molar-refractivity contribution < 1.29 is 22.1 Å². The largest absolute Gasteiger partial charge is 0.337 e. The van der Waals surface area contributed by atoms with Crippen LogP contribution in [0.5, 0.6) is 0 Å². The Labute approximate surface area is 173 Å². The van der Waals surface area contributed by atoms with E-state index < -0.39 is 15.8 Å². The van der Waals surface area contributed by atoms with Crippen molar-refractivity contribution in [3.63, 3.8) is 0 Å². The second kappa shape index (κ2) is 8.76. The molecular weight excluding hydrogens is 423 g/mol. The van der Waals surface area contributed by atoms with Gasteiger partial charge < -0.3 is 9.42 Å². The number of rotatable bonds is 6. The Morgan fingerprint density at radius 2 is 2.07 bits per heavy atom. The van der Waals surface area contributed by atoms with Crippen LogP contribution in [0.4, 0.5) is 4.39 Å². The Morgan fingerprint density at radius 1 is 1.38 bits per heavy atom. The molecule has 1 saturated heterocycles. The molecule has 11 heteroatoms. The van der Waals surface area contributed by atoms with E-state index >= 15 is 0 Å². The van der Waals surface area contributed by atoms with E-state index in [9.17, 15) is 17.6 Å². The van der Waals surface area contributed by atoms with Crippen LogP contribution < -0.4 is 0 Å². The number of piperidine rings is 1. The molecule has 0 atom stereocenters. The van der Waals surface area contributed by atoms with Crippen LogP contribution >= 0.6 is 11.6 Å². The van der Waals surface area contributed by atoms with Crippen molar-refractivity contribution in [3.05, 3.63) is 40.8 Å². The topological polar surface area (TPSA) is 96.6 Å². The van der Waals surface area contributed by atoms with Crippen LogP contribution in [0.1, 0.15) is 31.5 Å². The highest BCUT2D eigenvalue weighted by atomic mass is 35.5. The molecule has 158 valence electrons. The quantitative estimate of drug-likeness (QED) is 0.679. The van der Waals surface area contributed by atoms with Gasteiger partial charge in [0.15, 0.2) is 5.82 Å². The van der Waals surface area contributed by atoms with E-state index in [1.807, 2.05) is 6.92 Å². The van der Waals surface area contributed by atoms with Crippen molar-refractivity contribution in [2.24, 2.45) is 5.92 Å². The molecule has 1 aromatic carbocycles. The maximum Gasteiger partial charge on any atom is 0.246 e. The second-order valence-electron chi connectivity index (χ2n) is 6.91. The van der Waals surface area contributed by atoms with Crippen LogP contribution in [-0.4, -0.2) is 53.8 Å². The molecule has 29 heavy (non-hydrogen) atoms. The third-order valence-electron chi connectivity index (χ3n) is 4.91. The third kappa shape index (κ3) is 4.76. The summed E-state index contributed by atoms with van der Waals surface area (Å²) in [5.74, 6) is -0.114. The number of carbonyl (C=O) groups is 1. The number of sulfonamides is 1. The fourth-order valence-corrected chi connectivity index (χ4v) is 4.96. The van der Waals surface area contributed by atoms with E-state index in [0.717, 1.165) is 12.1 Å². The Balaban J connectivity index is 1.60. The number of carbonyl (C=O) groups excluding carboxylic acids is 1. The molecule has 3 rings (SSSR count). The zero-order chi connectivity index (χ0) is 21.2. The maximum atomic E-state index is 13.3. The van der Waals surface area contributed by atoms with Crippen LogP contribution in [0.3, 0.4) is 0 Å². The van der Waals surface area contributed by atoms with Crippen molar-refractivity contribution in [3.8, 4) is 0 Å². The van der Waals surface area contributed by atoms with Gasteiger partial charge in [-0.1, -0.05) is 23.7 Å². The van der Waals surface area contributed by atoms with Crippen molar-refractivity contribution >= 4 is 27.5 Å². The van der Waals surface area contributed by atoms with Gasteiger partial charge in [0.25, 0.3) is 0 Å². The summed E-state index contributed by atoms with van der Waals surface area (Å²) in [4.78, 5) is 18.3. The highest BCUT2D eigenvalue weighted by Gasteiger charge is 2.33. The average molecular weight is 445 g/mol. The molecule has 1 amide bonds. The molecule has 1 aromatic heterocycles. The van der Waals surface area contributed by atoms with E-state index in [-0.39, 0.29) is 41.4 Å². The molecule has 0 saturated carbocycles. The third-order valence-corrected chi connectivity index (χ3v) is 7.09. The first-order chi connectivity index (χ1) is 13.7. The number of hydrogen-bond acceptors (Lipinski definition) is 6. The molecule has 0 bridgehead atoms. The molecule has 0 radical (unpaired) electrons. The van der Waals surface area contributed by atoms with Gasteiger partial charge in [-0.15, -0.1) is 0 Å². The number of halogens is 2. The molecular formula is C18H22ClFN4O4S. The number of aryl methyl sites for hydroxylation is 1. The van der Waals surface area contributed by atoms with Gasteiger partial charge in [0.2, 0.25) is 21.8 Å². The smallest absolute Gasteiger partial charge is 0.246 e. The normalized spacial score (nSPS) is 16.1. The Kier molecular flexibility index (Phi) is 6.55. The van der Waals surface area contributed by atoms with Gasteiger partial charge in [-0.2, -0.15) is 9.29 Å². The van der Waals surface area contributed by atoms with E-state index in [4.69, 9.17) is 16.1 Å². The molecule has 0 N–H and O–H groups in total. The molecule has 0 aliphatic carbocycles. The average Bonchev–Trinajstić information content (AvgIpc) is 3.17. The summed E-state index contributed by atoms with van der Waals surface area (Å²) in [6.07, 6.45) is 1.43. The zero-order valence-corrected chi connectivity index (χ0v) is 17.7. The van der Waals surface area contributed by atoms with E-state index in [1.54, 1.807) is 7.05 Å². The second-order valence-corrected chi connectivity index (χ2v) is 9.25. The lowest BCUT2D eigenvalue weighted by Crippen LogP contribution is -2.43. The SMILES string of the molecule is CCc1noc(CN(C)C(=O)C2CCN(S(=O)(=O)c3ccc(F)c(Cl)c3)CC2)n1. The number of hydrogen-bond donors (Lipinski definition) is 0. The Hall–Kier alpha value is -2.04. The molecule has 2 aromatic rings. The molecule has 8 nitrogen and oxygen atoms in total. The van der Waals surface area contributed by atoms with Crippen LogP contribution in [0.25, 0.3) is 0 Å². The van der Waals surface area contributed by atoms with Gasteiger partial charge in [0, 0.05) is 32.5 Å². The highest BCUT2D eigenvalue weighted by Crippen LogP contribution is 2.27. The van der Waals surface area contributed by atoms with E-state index in [2.05, 4.69) is 10.1 Å². The first kappa shape index (κ1) is 21.7. The Bertz CT molecular complexity index is 989. The van der Waals surface area contributed by atoms with Crippen molar-refractivity contribution in [2.45, 2.75) is 37.6 Å². The number of aromatic nitrogens is 2. The summed E-state index contributed by atoms with van der Waals surface area (Å²) in [6.45, 7) is 2.51. The first-order valence-electron chi connectivity index (χ1n) is 9.24. The van der Waals surface area contributed by atoms with Gasteiger partial charge >= 0.3 is 0 Å². The van der Waals surface area contributed by atoms with Gasteiger partial charge in [0.1, 0.15) is 5.82 Å². The summed E-state index contributed by atoms with van der Waals surface area (Å²) in [5, 5.41) is 3.56. The first-order valence-corrected chi connectivity index (χ1v) is 11.1. The minimum atomic E-state index is -3.80.